The maximum absolute atomic E-state index is 11.8. The van der Waals surface area contributed by atoms with Gasteiger partial charge in [0.2, 0.25) is 6.79 Å². The molecule has 0 atom stereocenters. The van der Waals surface area contributed by atoms with Gasteiger partial charge in [-0.05, 0) is 42.4 Å². The summed E-state index contributed by atoms with van der Waals surface area (Å²) in [6.45, 7) is 8.07. The molecule has 0 amide bonds. The number of nitriles is 1. The normalized spacial score (nSPS) is 14.8. The van der Waals surface area contributed by atoms with Crippen molar-refractivity contribution in [1.82, 2.24) is 9.78 Å². The van der Waals surface area contributed by atoms with Gasteiger partial charge in [0.15, 0.2) is 5.76 Å². The first-order valence-electron chi connectivity index (χ1n) is 9.76. The van der Waals surface area contributed by atoms with Gasteiger partial charge >= 0.3 is 5.97 Å². The summed E-state index contributed by atoms with van der Waals surface area (Å²) in [5, 5.41) is 14.3. The van der Waals surface area contributed by atoms with Crippen molar-refractivity contribution in [1.29, 1.82) is 5.26 Å². The largest absolute Gasteiger partial charge is 0.454 e. The van der Waals surface area contributed by atoms with Gasteiger partial charge in [0.25, 0.3) is 0 Å². The Morgan fingerprint density at radius 1 is 1.24 bits per heavy atom. The van der Waals surface area contributed by atoms with Gasteiger partial charge in [-0.1, -0.05) is 45.0 Å². The van der Waals surface area contributed by atoms with Crippen molar-refractivity contribution in [3.05, 3.63) is 52.8 Å². The van der Waals surface area contributed by atoms with Crippen LogP contribution in [-0.2, 0) is 26.7 Å². The van der Waals surface area contributed by atoms with E-state index in [2.05, 4.69) is 31.9 Å². The Kier molecular flexibility index (Phi) is 5.78. The number of allylic oxidation sites excluding steroid dienone is 1. The molecule has 1 aliphatic rings. The van der Waals surface area contributed by atoms with Crippen LogP contribution >= 0.6 is 0 Å². The monoisotopic (exact) mass is 393 g/mol. The Morgan fingerprint density at radius 3 is 2.38 bits per heavy atom. The van der Waals surface area contributed by atoms with Crippen LogP contribution in [0.1, 0.15) is 56.1 Å². The fourth-order valence-electron chi connectivity index (χ4n) is 3.06. The van der Waals surface area contributed by atoms with Gasteiger partial charge in [-0.2, -0.15) is 10.4 Å². The molecule has 6 heteroatoms. The fraction of sp³-hybridized carbons (Fsp3) is 0.435. The predicted octanol–water partition coefficient (Wildman–Crippen LogP) is 4.35. The molecule has 1 heterocycles. The first-order chi connectivity index (χ1) is 13.7. The lowest BCUT2D eigenvalue weighted by Gasteiger charge is -2.19. The summed E-state index contributed by atoms with van der Waals surface area (Å²) in [4.78, 5) is 11.8. The minimum atomic E-state index is -0.251. The van der Waals surface area contributed by atoms with Gasteiger partial charge in [-0.25, -0.2) is 0 Å². The summed E-state index contributed by atoms with van der Waals surface area (Å²) in [6, 6.07) is 12.0. The highest BCUT2D eigenvalue weighted by Gasteiger charge is 2.31. The molecule has 0 N–H and O–H groups in total. The van der Waals surface area contributed by atoms with Crippen LogP contribution in [0.4, 0.5) is 0 Å². The van der Waals surface area contributed by atoms with Crippen LogP contribution < -0.4 is 0 Å². The number of rotatable bonds is 6. The number of ether oxygens (including phenoxy) is 2. The molecule has 1 saturated carbocycles. The van der Waals surface area contributed by atoms with Crippen molar-refractivity contribution >= 4 is 17.3 Å². The molecule has 1 aromatic heterocycles. The van der Waals surface area contributed by atoms with Crippen molar-refractivity contribution in [2.45, 2.75) is 46.0 Å². The maximum atomic E-state index is 11.8. The third-order valence-electron chi connectivity index (χ3n) is 4.93. The van der Waals surface area contributed by atoms with E-state index in [4.69, 9.17) is 9.47 Å². The number of aromatic nitrogens is 2. The number of carbonyl (C=O) groups excluding carboxylic acids is 1. The van der Waals surface area contributed by atoms with Crippen LogP contribution in [0.25, 0.3) is 11.3 Å². The second-order valence-corrected chi connectivity index (χ2v) is 8.44. The Hall–Kier alpha value is -3.07. The average Bonchev–Trinajstić information content (AvgIpc) is 3.45. The standard InChI is InChI=1S/C23H27N3O3/c1-15-12-20(26(5)25-15)21(28-14-29-22(27)17-6-7-17)19(13-24)16-8-10-18(11-9-16)23(2,3)4/h8-12,17H,6-7,14H2,1-5H3/b21-19-. The second-order valence-electron chi connectivity index (χ2n) is 8.44. The minimum Gasteiger partial charge on any atom is -0.454 e. The summed E-state index contributed by atoms with van der Waals surface area (Å²) in [7, 11) is 1.79. The zero-order valence-electron chi connectivity index (χ0n) is 17.7. The third-order valence-corrected chi connectivity index (χ3v) is 4.93. The van der Waals surface area contributed by atoms with Crippen molar-refractivity contribution in [3.8, 4) is 6.07 Å². The quantitative estimate of drug-likeness (QED) is 0.316. The van der Waals surface area contributed by atoms with Crippen molar-refractivity contribution in [2.75, 3.05) is 6.79 Å². The second kappa shape index (κ2) is 8.12. The highest BCUT2D eigenvalue weighted by Crippen LogP contribution is 2.32. The summed E-state index contributed by atoms with van der Waals surface area (Å²) < 4.78 is 12.7. The maximum Gasteiger partial charge on any atom is 0.311 e. The van der Waals surface area contributed by atoms with E-state index in [0.29, 0.717) is 17.0 Å². The van der Waals surface area contributed by atoms with Crippen molar-refractivity contribution in [2.24, 2.45) is 13.0 Å². The zero-order valence-corrected chi connectivity index (χ0v) is 17.7. The van der Waals surface area contributed by atoms with E-state index in [9.17, 15) is 10.1 Å². The molecule has 0 saturated heterocycles. The molecular weight excluding hydrogens is 366 g/mol. The molecule has 3 rings (SSSR count). The highest BCUT2D eigenvalue weighted by atomic mass is 16.7. The number of hydrogen-bond acceptors (Lipinski definition) is 5. The smallest absolute Gasteiger partial charge is 0.311 e. The zero-order chi connectivity index (χ0) is 21.2. The Morgan fingerprint density at radius 2 is 1.90 bits per heavy atom. The minimum absolute atomic E-state index is 0.00893. The molecule has 1 aromatic carbocycles. The molecule has 29 heavy (non-hydrogen) atoms. The summed E-state index contributed by atoms with van der Waals surface area (Å²) in [6.07, 6.45) is 1.73. The van der Waals surface area contributed by atoms with Crippen LogP contribution in [0.3, 0.4) is 0 Å². The topological polar surface area (TPSA) is 77.1 Å². The molecule has 0 radical (unpaired) electrons. The van der Waals surface area contributed by atoms with Crippen LogP contribution in [-0.4, -0.2) is 22.5 Å². The lowest BCUT2D eigenvalue weighted by molar-refractivity contribution is -0.153. The Balaban J connectivity index is 1.96. The molecule has 1 fully saturated rings. The molecule has 152 valence electrons. The molecule has 0 unspecified atom stereocenters. The van der Waals surface area contributed by atoms with E-state index in [1.807, 2.05) is 37.3 Å². The third kappa shape index (κ3) is 4.86. The summed E-state index contributed by atoms with van der Waals surface area (Å²) in [5.41, 5.74) is 3.76. The number of benzene rings is 1. The van der Waals surface area contributed by atoms with Gasteiger partial charge in [0.05, 0.1) is 11.6 Å². The highest BCUT2D eigenvalue weighted by molar-refractivity contribution is 5.94. The number of carbonyl (C=O) groups is 1. The molecule has 0 bridgehead atoms. The molecule has 0 aliphatic heterocycles. The average molecular weight is 393 g/mol. The molecule has 2 aromatic rings. The van der Waals surface area contributed by atoms with E-state index >= 15 is 0 Å². The summed E-state index contributed by atoms with van der Waals surface area (Å²) >= 11 is 0. The van der Waals surface area contributed by atoms with Crippen LogP contribution in [0.2, 0.25) is 0 Å². The summed E-state index contributed by atoms with van der Waals surface area (Å²) in [5.74, 6) is 0.0895. The van der Waals surface area contributed by atoms with E-state index in [-0.39, 0.29) is 24.1 Å². The number of nitrogens with zero attached hydrogens (tertiary/aromatic N) is 3. The van der Waals surface area contributed by atoms with Crippen molar-refractivity contribution in [3.63, 3.8) is 0 Å². The fourth-order valence-corrected chi connectivity index (χ4v) is 3.06. The Bertz CT molecular complexity index is 968. The van der Waals surface area contributed by atoms with Crippen molar-refractivity contribution < 1.29 is 14.3 Å². The lowest BCUT2D eigenvalue weighted by atomic mass is 9.86. The number of hydrogen-bond donors (Lipinski definition) is 0. The molecule has 0 spiro atoms. The number of esters is 1. The van der Waals surface area contributed by atoms with E-state index in [1.165, 1.54) is 5.56 Å². The van der Waals surface area contributed by atoms with E-state index < -0.39 is 0 Å². The van der Waals surface area contributed by atoms with Gasteiger partial charge in [0, 0.05) is 7.05 Å². The molecule has 1 aliphatic carbocycles. The van der Waals surface area contributed by atoms with Crippen LogP contribution in [0, 0.1) is 24.2 Å². The first kappa shape index (κ1) is 20.7. The van der Waals surface area contributed by atoms with E-state index in [1.54, 1.807) is 11.7 Å². The van der Waals surface area contributed by atoms with Gasteiger partial charge in [0.1, 0.15) is 17.3 Å². The van der Waals surface area contributed by atoms with Crippen LogP contribution in [0.15, 0.2) is 30.3 Å². The van der Waals surface area contributed by atoms with Gasteiger partial charge < -0.3 is 9.47 Å². The lowest BCUT2D eigenvalue weighted by Crippen LogP contribution is -2.12. The van der Waals surface area contributed by atoms with E-state index in [0.717, 1.165) is 24.1 Å². The predicted molar refractivity (Wildman–Crippen MR) is 110 cm³/mol. The Labute approximate surface area is 171 Å². The SMILES string of the molecule is Cc1cc(/C(OCOC(=O)C2CC2)=C(\C#N)c2ccc(C(C)(C)C)cc2)n(C)n1. The molecular formula is C23H27N3O3. The van der Waals surface area contributed by atoms with Gasteiger partial charge in [-0.15, -0.1) is 0 Å². The number of aryl methyl sites for hydroxylation is 2. The van der Waals surface area contributed by atoms with Crippen LogP contribution in [0.5, 0.6) is 0 Å². The van der Waals surface area contributed by atoms with Gasteiger partial charge in [-0.3, -0.25) is 9.48 Å². The first-order valence-corrected chi connectivity index (χ1v) is 9.76. The molecule has 6 nitrogen and oxygen atoms in total.